The molecule has 18 heavy (non-hydrogen) atoms. The minimum Gasteiger partial charge on any atom is -0.297 e. The second-order valence-corrected chi connectivity index (χ2v) is 7.52. The first kappa shape index (κ1) is 12.6. The molecular formula is C15H28N2O+2. The number of hydrogen-bond acceptors (Lipinski definition) is 1. The minimum absolute atomic E-state index is 0.0132. The predicted octanol–water partition coefficient (Wildman–Crippen LogP) is -0.715. The highest BCUT2D eigenvalue weighted by molar-refractivity contribution is 5.91. The molecule has 0 amide bonds. The Kier molecular flexibility index (Phi) is 2.50. The van der Waals surface area contributed by atoms with Crippen LogP contribution in [0.25, 0.3) is 0 Å². The summed E-state index contributed by atoms with van der Waals surface area (Å²) in [7, 11) is 0. The van der Waals surface area contributed by atoms with E-state index in [0.29, 0.717) is 11.4 Å². The zero-order valence-corrected chi connectivity index (χ0v) is 12.4. The molecule has 0 aromatic heterocycles. The first-order valence-corrected chi connectivity index (χ1v) is 7.65. The Bertz CT molecular complexity index is 374. The van der Waals surface area contributed by atoms with Gasteiger partial charge in [0.05, 0.1) is 19.5 Å². The van der Waals surface area contributed by atoms with Crippen LogP contribution in [0.5, 0.6) is 0 Å². The molecule has 4 saturated heterocycles. The number of ketones is 1. The lowest BCUT2D eigenvalue weighted by Crippen LogP contribution is -3.49. The Morgan fingerprint density at radius 3 is 2.06 bits per heavy atom. The van der Waals surface area contributed by atoms with E-state index in [1.807, 2.05) is 0 Å². The van der Waals surface area contributed by atoms with Crippen LogP contribution < -0.4 is 9.80 Å². The third-order valence-corrected chi connectivity index (χ3v) is 6.34. The largest absolute Gasteiger partial charge is 0.297 e. The third-order valence-electron chi connectivity index (χ3n) is 6.34. The molecule has 4 aliphatic heterocycles. The van der Waals surface area contributed by atoms with E-state index in [0.717, 1.165) is 39.0 Å². The fraction of sp³-hybridized carbons (Fsp3) is 0.933. The molecular weight excluding hydrogens is 224 g/mol. The summed E-state index contributed by atoms with van der Waals surface area (Å²) in [6.07, 6.45) is 3.48. The summed E-state index contributed by atoms with van der Waals surface area (Å²) in [5.41, 5.74) is 0.335. The Morgan fingerprint density at radius 2 is 1.61 bits per heavy atom. The van der Waals surface area contributed by atoms with Crippen LogP contribution in [-0.4, -0.2) is 37.6 Å². The first-order valence-electron chi connectivity index (χ1n) is 7.65. The summed E-state index contributed by atoms with van der Waals surface area (Å²) in [5.74, 6) is 0.600. The Morgan fingerprint density at radius 1 is 1.06 bits per heavy atom. The van der Waals surface area contributed by atoms with E-state index >= 15 is 0 Å². The van der Waals surface area contributed by atoms with Gasteiger partial charge in [-0.1, -0.05) is 20.3 Å². The Labute approximate surface area is 111 Å². The summed E-state index contributed by atoms with van der Waals surface area (Å²) >= 11 is 0. The molecule has 0 aromatic rings. The van der Waals surface area contributed by atoms with Crippen LogP contribution in [0.2, 0.25) is 0 Å². The average Bonchev–Trinajstić information content (AvgIpc) is 2.30. The molecule has 0 aliphatic carbocycles. The molecule has 3 heteroatoms. The second-order valence-electron chi connectivity index (χ2n) is 7.52. The molecule has 102 valence electrons. The number of nitrogens with one attached hydrogen (secondary N) is 2. The Hall–Kier alpha value is -0.410. The summed E-state index contributed by atoms with van der Waals surface area (Å²) < 4.78 is 0. The van der Waals surface area contributed by atoms with Crippen LogP contribution in [0.4, 0.5) is 0 Å². The van der Waals surface area contributed by atoms with E-state index in [1.165, 1.54) is 6.42 Å². The van der Waals surface area contributed by atoms with Crippen LogP contribution in [0.3, 0.4) is 0 Å². The van der Waals surface area contributed by atoms with E-state index < -0.39 is 0 Å². The van der Waals surface area contributed by atoms with E-state index in [2.05, 4.69) is 27.7 Å². The maximum absolute atomic E-state index is 12.9. The van der Waals surface area contributed by atoms with Crippen LogP contribution >= 0.6 is 0 Å². The fourth-order valence-corrected chi connectivity index (χ4v) is 5.27. The molecule has 4 fully saturated rings. The van der Waals surface area contributed by atoms with E-state index in [-0.39, 0.29) is 10.8 Å². The smallest absolute Gasteiger partial charge is 0.219 e. The van der Waals surface area contributed by atoms with Gasteiger partial charge in [0.2, 0.25) is 5.66 Å². The SMILES string of the molecule is CCCC12C[NH+]3CC(C)(C[NH+](C1)C3(C)CC)C2=O. The average molecular weight is 252 g/mol. The molecule has 4 bridgehead atoms. The van der Waals surface area contributed by atoms with Gasteiger partial charge in [-0.25, -0.2) is 0 Å². The third kappa shape index (κ3) is 1.30. The second kappa shape index (κ2) is 3.57. The number of quaternary nitrogens is 2. The predicted molar refractivity (Wildman–Crippen MR) is 70.5 cm³/mol. The molecule has 2 N–H and O–H groups in total. The summed E-state index contributed by atoms with van der Waals surface area (Å²) in [6.45, 7) is 13.6. The van der Waals surface area contributed by atoms with Gasteiger partial charge in [0.15, 0.2) is 5.78 Å². The number of hydrogen-bond donors (Lipinski definition) is 2. The van der Waals surface area contributed by atoms with Crippen molar-refractivity contribution in [1.82, 2.24) is 0 Å². The quantitative estimate of drug-likeness (QED) is 0.681. The zero-order valence-electron chi connectivity index (χ0n) is 12.4. The molecule has 2 unspecified atom stereocenters. The highest BCUT2D eigenvalue weighted by atomic mass is 16.1. The minimum atomic E-state index is -0.0367. The van der Waals surface area contributed by atoms with Crippen molar-refractivity contribution in [2.75, 3.05) is 26.2 Å². The van der Waals surface area contributed by atoms with Crippen molar-refractivity contribution in [3.05, 3.63) is 0 Å². The van der Waals surface area contributed by atoms with Gasteiger partial charge in [0.1, 0.15) is 23.9 Å². The summed E-state index contributed by atoms with van der Waals surface area (Å²) in [5, 5.41) is 0. The lowest BCUT2D eigenvalue weighted by molar-refractivity contribution is -1.20. The fourth-order valence-electron chi connectivity index (χ4n) is 5.27. The number of piperidine rings is 2. The van der Waals surface area contributed by atoms with Gasteiger partial charge in [-0.3, -0.25) is 14.6 Å². The monoisotopic (exact) mass is 252 g/mol. The normalized spacial score (nSPS) is 54.1. The topological polar surface area (TPSA) is 26.0 Å². The van der Waals surface area contributed by atoms with E-state index in [9.17, 15) is 4.79 Å². The maximum Gasteiger partial charge on any atom is 0.219 e. The van der Waals surface area contributed by atoms with Crippen molar-refractivity contribution < 1.29 is 14.6 Å². The van der Waals surface area contributed by atoms with Gasteiger partial charge in [0, 0.05) is 6.92 Å². The van der Waals surface area contributed by atoms with Crippen molar-refractivity contribution in [3.63, 3.8) is 0 Å². The number of carbonyl (C=O) groups is 1. The van der Waals surface area contributed by atoms with Gasteiger partial charge < -0.3 is 0 Å². The zero-order chi connectivity index (χ0) is 13.2. The van der Waals surface area contributed by atoms with Crippen LogP contribution in [-0.2, 0) is 4.79 Å². The molecule has 2 atom stereocenters. The van der Waals surface area contributed by atoms with Gasteiger partial charge in [0.25, 0.3) is 0 Å². The van der Waals surface area contributed by atoms with E-state index in [1.54, 1.807) is 9.80 Å². The lowest BCUT2D eigenvalue weighted by Gasteiger charge is -2.63. The molecule has 0 aromatic carbocycles. The summed E-state index contributed by atoms with van der Waals surface area (Å²) in [6, 6.07) is 0. The van der Waals surface area contributed by atoms with Crippen molar-refractivity contribution >= 4 is 5.78 Å². The molecule has 4 rings (SSSR count). The number of rotatable bonds is 3. The van der Waals surface area contributed by atoms with Crippen molar-refractivity contribution in [2.45, 2.75) is 52.6 Å². The van der Waals surface area contributed by atoms with Crippen molar-refractivity contribution in [2.24, 2.45) is 10.8 Å². The Balaban J connectivity index is 2.03. The molecule has 3 nitrogen and oxygen atoms in total. The first-order chi connectivity index (χ1) is 8.40. The lowest BCUT2D eigenvalue weighted by atomic mass is 9.58. The highest BCUT2D eigenvalue weighted by Gasteiger charge is 2.72. The van der Waals surface area contributed by atoms with Gasteiger partial charge >= 0.3 is 0 Å². The van der Waals surface area contributed by atoms with Gasteiger partial charge in [-0.15, -0.1) is 0 Å². The molecule has 0 spiro atoms. The summed E-state index contributed by atoms with van der Waals surface area (Å²) in [4.78, 5) is 16.3. The molecule has 0 radical (unpaired) electrons. The van der Waals surface area contributed by atoms with Crippen molar-refractivity contribution in [1.29, 1.82) is 0 Å². The number of carbonyl (C=O) groups excluding carboxylic acids is 1. The van der Waals surface area contributed by atoms with Gasteiger partial charge in [-0.2, -0.15) is 0 Å². The van der Waals surface area contributed by atoms with Crippen LogP contribution in [0, 0.1) is 10.8 Å². The maximum atomic E-state index is 12.9. The highest BCUT2D eigenvalue weighted by Crippen LogP contribution is 2.39. The standard InChI is InChI=1S/C15H26N2O/c1-5-7-15-10-16-8-13(3,12(15)18)9-17(11-15)14(16,4)6-2/h5-11H2,1-4H3/p+2. The van der Waals surface area contributed by atoms with Crippen molar-refractivity contribution in [3.8, 4) is 0 Å². The van der Waals surface area contributed by atoms with Gasteiger partial charge in [-0.05, 0) is 13.3 Å². The van der Waals surface area contributed by atoms with Crippen LogP contribution in [0.15, 0.2) is 0 Å². The number of Topliss-reactive ketones (excluding diaryl/α,β-unsaturated/α-hetero) is 1. The molecule has 4 heterocycles. The molecule has 4 aliphatic rings. The van der Waals surface area contributed by atoms with Crippen LogP contribution in [0.1, 0.15) is 47.0 Å². The van der Waals surface area contributed by atoms with E-state index in [4.69, 9.17) is 0 Å². The molecule has 0 saturated carbocycles.